The summed E-state index contributed by atoms with van der Waals surface area (Å²) in [7, 11) is 0. The molecular weight excluding hydrogens is 294 g/mol. The maximum atomic E-state index is 11.6. The lowest BCUT2D eigenvalue weighted by molar-refractivity contribution is -0.393. The van der Waals surface area contributed by atoms with Crippen LogP contribution in [0.1, 0.15) is 12.8 Å². The first-order valence-electron chi connectivity index (χ1n) is 5.31. The van der Waals surface area contributed by atoms with Gasteiger partial charge in [0.05, 0.1) is 20.9 Å². The number of non-ortho nitro benzene ring substituents is 1. The largest absolute Gasteiger partial charge is 0.301 e. The second-order valence-electron chi connectivity index (χ2n) is 3.93. The number of halogens is 1. The third-order valence-corrected chi connectivity index (χ3v) is 3.00. The van der Waals surface area contributed by atoms with Crippen LogP contribution in [0.25, 0.3) is 0 Å². The summed E-state index contributed by atoms with van der Waals surface area (Å²) in [5.41, 5.74) is -1.77. The summed E-state index contributed by atoms with van der Waals surface area (Å²) in [6, 6.07) is 1.53. The highest BCUT2D eigenvalue weighted by Crippen LogP contribution is 2.41. The molecule has 1 aliphatic rings. The van der Waals surface area contributed by atoms with Crippen molar-refractivity contribution in [2.24, 2.45) is 0 Å². The number of nitrogens with zero attached hydrogens (tertiary/aromatic N) is 3. The molecule has 2 amide bonds. The summed E-state index contributed by atoms with van der Waals surface area (Å²) < 4.78 is 0. The van der Waals surface area contributed by atoms with Crippen LogP contribution in [0.5, 0.6) is 0 Å². The summed E-state index contributed by atoms with van der Waals surface area (Å²) >= 11 is 5.78. The normalized spacial score (nSPS) is 14.8. The SMILES string of the molecule is O=C1CCC(=O)N1c1c(Cl)cc([N+](=O)[O-])cc1[N+](=O)[O-]. The topological polar surface area (TPSA) is 124 Å². The molecule has 0 aromatic heterocycles. The van der Waals surface area contributed by atoms with E-state index in [0.29, 0.717) is 11.0 Å². The highest BCUT2D eigenvalue weighted by molar-refractivity contribution is 6.36. The molecule has 0 saturated carbocycles. The highest BCUT2D eigenvalue weighted by Gasteiger charge is 2.37. The van der Waals surface area contributed by atoms with Crippen molar-refractivity contribution in [2.45, 2.75) is 12.8 Å². The quantitative estimate of drug-likeness (QED) is 0.476. The fourth-order valence-electron chi connectivity index (χ4n) is 1.86. The van der Waals surface area contributed by atoms with Crippen LogP contribution in [0.4, 0.5) is 17.1 Å². The molecule has 0 bridgehead atoms. The lowest BCUT2D eigenvalue weighted by Crippen LogP contribution is -2.29. The molecule has 0 N–H and O–H groups in total. The van der Waals surface area contributed by atoms with E-state index in [1.54, 1.807) is 0 Å². The Morgan fingerprint density at radius 1 is 1.05 bits per heavy atom. The van der Waals surface area contributed by atoms with E-state index in [4.69, 9.17) is 11.6 Å². The number of imide groups is 1. The second-order valence-corrected chi connectivity index (χ2v) is 4.34. The van der Waals surface area contributed by atoms with Gasteiger partial charge < -0.3 is 0 Å². The average Bonchev–Trinajstić information content (AvgIpc) is 2.68. The van der Waals surface area contributed by atoms with Gasteiger partial charge in [-0.2, -0.15) is 0 Å². The van der Waals surface area contributed by atoms with Gasteiger partial charge in [-0.1, -0.05) is 11.6 Å². The summed E-state index contributed by atoms with van der Waals surface area (Å²) in [6.45, 7) is 0. The van der Waals surface area contributed by atoms with E-state index in [1.165, 1.54) is 0 Å². The molecule has 1 fully saturated rings. The average molecular weight is 300 g/mol. The molecule has 1 saturated heterocycles. The third-order valence-electron chi connectivity index (χ3n) is 2.71. The lowest BCUT2D eigenvalue weighted by atomic mass is 10.2. The van der Waals surface area contributed by atoms with Crippen LogP contribution >= 0.6 is 11.6 Å². The summed E-state index contributed by atoms with van der Waals surface area (Å²) in [6.07, 6.45) is -0.160. The van der Waals surface area contributed by atoms with Gasteiger partial charge in [-0.3, -0.25) is 29.8 Å². The number of carbonyl (C=O) groups is 2. The zero-order chi connectivity index (χ0) is 15.0. The van der Waals surface area contributed by atoms with Gasteiger partial charge in [-0.05, 0) is 0 Å². The van der Waals surface area contributed by atoms with Crippen molar-refractivity contribution in [3.05, 3.63) is 37.4 Å². The minimum Gasteiger partial charge on any atom is -0.274 e. The van der Waals surface area contributed by atoms with Gasteiger partial charge >= 0.3 is 5.69 Å². The van der Waals surface area contributed by atoms with Crippen molar-refractivity contribution in [3.63, 3.8) is 0 Å². The van der Waals surface area contributed by atoms with Crippen molar-refractivity contribution in [2.75, 3.05) is 4.90 Å². The standard InChI is InChI=1S/C10H6ClN3O6/c11-6-3-5(13(17)18)4-7(14(19)20)10(6)12-8(15)1-2-9(12)16/h3-4H,1-2H2. The Kier molecular flexibility index (Phi) is 3.36. The molecule has 0 aliphatic carbocycles. The van der Waals surface area contributed by atoms with E-state index in [2.05, 4.69) is 0 Å². The molecule has 0 atom stereocenters. The highest BCUT2D eigenvalue weighted by atomic mass is 35.5. The van der Waals surface area contributed by atoms with Crippen molar-refractivity contribution < 1.29 is 19.4 Å². The minimum atomic E-state index is -0.924. The number of amides is 2. The summed E-state index contributed by atoms with van der Waals surface area (Å²) in [5, 5.41) is 21.3. The Labute approximate surface area is 116 Å². The van der Waals surface area contributed by atoms with Crippen LogP contribution in [0.3, 0.4) is 0 Å². The molecule has 0 spiro atoms. The zero-order valence-corrected chi connectivity index (χ0v) is 10.5. The maximum absolute atomic E-state index is 11.6. The van der Waals surface area contributed by atoms with E-state index >= 15 is 0 Å². The molecule has 10 heteroatoms. The van der Waals surface area contributed by atoms with E-state index < -0.39 is 43.7 Å². The molecule has 0 unspecified atom stereocenters. The van der Waals surface area contributed by atoms with Crippen LogP contribution in [0.2, 0.25) is 5.02 Å². The molecule has 9 nitrogen and oxygen atoms in total. The molecule has 1 aromatic rings. The van der Waals surface area contributed by atoms with Crippen LogP contribution in [0.15, 0.2) is 12.1 Å². The number of hydrogen-bond donors (Lipinski definition) is 0. The monoisotopic (exact) mass is 299 g/mol. The Morgan fingerprint density at radius 2 is 1.60 bits per heavy atom. The van der Waals surface area contributed by atoms with Gasteiger partial charge in [0, 0.05) is 18.9 Å². The van der Waals surface area contributed by atoms with E-state index in [-0.39, 0.29) is 12.8 Å². The van der Waals surface area contributed by atoms with Gasteiger partial charge in [-0.25, -0.2) is 4.90 Å². The van der Waals surface area contributed by atoms with Gasteiger partial charge in [0.2, 0.25) is 11.8 Å². The number of anilines is 1. The summed E-state index contributed by atoms with van der Waals surface area (Å²) in [4.78, 5) is 43.7. The minimum absolute atomic E-state index is 0.0801. The lowest BCUT2D eigenvalue weighted by Gasteiger charge is -2.15. The number of hydrogen-bond acceptors (Lipinski definition) is 6. The van der Waals surface area contributed by atoms with Crippen molar-refractivity contribution in [1.82, 2.24) is 0 Å². The van der Waals surface area contributed by atoms with Gasteiger partial charge in [0.15, 0.2) is 0 Å². The molecule has 1 aromatic carbocycles. The number of benzene rings is 1. The first-order valence-corrected chi connectivity index (χ1v) is 5.69. The molecule has 104 valence electrons. The van der Waals surface area contributed by atoms with Gasteiger partial charge in [-0.15, -0.1) is 0 Å². The van der Waals surface area contributed by atoms with Crippen LogP contribution in [0, 0.1) is 20.2 Å². The van der Waals surface area contributed by atoms with Crippen LogP contribution in [-0.2, 0) is 9.59 Å². The molecule has 1 aliphatic heterocycles. The Balaban J connectivity index is 2.69. The van der Waals surface area contributed by atoms with Crippen LogP contribution in [-0.4, -0.2) is 21.7 Å². The molecule has 2 rings (SSSR count). The Morgan fingerprint density at radius 3 is 2.05 bits per heavy atom. The van der Waals surface area contributed by atoms with E-state index in [0.717, 1.165) is 6.07 Å². The number of nitro benzene ring substituents is 2. The van der Waals surface area contributed by atoms with Gasteiger partial charge in [0.25, 0.3) is 5.69 Å². The van der Waals surface area contributed by atoms with Crippen molar-refractivity contribution >= 4 is 40.5 Å². The number of carbonyl (C=O) groups excluding carboxylic acids is 2. The zero-order valence-electron chi connectivity index (χ0n) is 9.74. The molecular formula is C10H6ClN3O6. The predicted molar refractivity (Wildman–Crippen MR) is 66.5 cm³/mol. The molecule has 0 radical (unpaired) electrons. The second kappa shape index (κ2) is 4.85. The number of rotatable bonds is 3. The Bertz CT molecular complexity index is 643. The van der Waals surface area contributed by atoms with E-state index in [9.17, 15) is 29.8 Å². The van der Waals surface area contributed by atoms with Crippen molar-refractivity contribution in [3.8, 4) is 0 Å². The maximum Gasteiger partial charge on any atom is 0.301 e. The molecule has 20 heavy (non-hydrogen) atoms. The number of nitro groups is 2. The third kappa shape index (κ3) is 2.18. The summed E-state index contributed by atoms with van der Waals surface area (Å²) in [5.74, 6) is -1.26. The Hall–Kier alpha value is -2.55. The fourth-order valence-corrected chi connectivity index (χ4v) is 2.16. The first kappa shape index (κ1) is 13.9. The first-order chi connectivity index (χ1) is 9.32. The van der Waals surface area contributed by atoms with Gasteiger partial charge in [0.1, 0.15) is 5.69 Å². The molecule has 1 heterocycles. The van der Waals surface area contributed by atoms with Crippen molar-refractivity contribution in [1.29, 1.82) is 0 Å². The fraction of sp³-hybridized carbons (Fsp3) is 0.200. The van der Waals surface area contributed by atoms with Crippen LogP contribution < -0.4 is 4.90 Å². The predicted octanol–water partition coefficient (Wildman–Crippen LogP) is 1.81. The van der Waals surface area contributed by atoms with E-state index in [1.807, 2.05) is 0 Å². The smallest absolute Gasteiger partial charge is 0.274 e.